The lowest BCUT2D eigenvalue weighted by molar-refractivity contribution is 0.150. The molecule has 118 valence electrons. The van der Waals surface area contributed by atoms with E-state index in [-0.39, 0.29) is 5.01 Å². The second kappa shape index (κ2) is 7.14. The summed E-state index contributed by atoms with van der Waals surface area (Å²) in [7, 11) is 0. The lowest BCUT2D eigenvalue weighted by atomic mass is 9.87. The molecular weight excluding hydrogens is 290 g/mol. The van der Waals surface area contributed by atoms with Crippen LogP contribution in [0.25, 0.3) is 0 Å². The van der Waals surface area contributed by atoms with Crippen molar-refractivity contribution in [1.82, 2.24) is 9.88 Å². The van der Waals surface area contributed by atoms with Crippen molar-refractivity contribution in [3.05, 3.63) is 15.6 Å². The van der Waals surface area contributed by atoms with Crippen LogP contribution in [0, 0.1) is 5.92 Å². The molecule has 0 amide bonds. The molecule has 5 heteroatoms. The third-order valence-corrected chi connectivity index (χ3v) is 6.04. The number of nitrogens with zero attached hydrogens (tertiary/aromatic N) is 2. The van der Waals surface area contributed by atoms with Crippen molar-refractivity contribution >= 4 is 11.3 Å². The lowest BCUT2D eigenvalue weighted by Gasteiger charge is -2.26. The van der Waals surface area contributed by atoms with E-state index in [4.69, 9.17) is 0 Å². The maximum absolute atomic E-state index is 12.7. The van der Waals surface area contributed by atoms with Crippen LogP contribution in [0.2, 0.25) is 0 Å². The monoisotopic (exact) mass is 314 g/mol. The highest BCUT2D eigenvalue weighted by atomic mass is 32.1. The second-order valence-electron chi connectivity index (χ2n) is 6.36. The summed E-state index contributed by atoms with van der Waals surface area (Å²) in [6, 6.07) is 0. The van der Waals surface area contributed by atoms with E-state index in [9.17, 15) is 8.78 Å². The third-order valence-electron chi connectivity index (χ3n) is 4.88. The molecule has 2 heterocycles. The quantitative estimate of drug-likeness (QED) is 0.816. The number of thiazole rings is 1. The average Bonchev–Trinajstić information content (AvgIpc) is 2.82. The van der Waals surface area contributed by atoms with E-state index in [1.165, 1.54) is 56.4 Å². The van der Waals surface area contributed by atoms with Crippen molar-refractivity contribution in [2.24, 2.45) is 5.92 Å². The number of fused-ring (bicyclic) bond motifs is 1. The Bertz CT molecular complexity index is 430. The van der Waals surface area contributed by atoms with E-state index in [1.807, 2.05) is 0 Å². The summed E-state index contributed by atoms with van der Waals surface area (Å²) in [5.41, 5.74) is 0.926. The SMILES string of the molecule is FC(F)c1nc2c(s1)CCN(CCC1CCCCC1)CC2. The predicted molar refractivity (Wildman–Crippen MR) is 82.1 cm³/mol. The standard InChI is InChI=1S/C16H24F2N2S/c17-15(18)16-19-13-7-10-20(11-8-14(13)21-16)9-6-12-4-2-1-3-5-12/h12,15H,1-11H2. The van der Waals surface area contributed by atoms with Gasteiger partial charge in [0.2, 0.25) is 0 Å². The summed E-state index contributed by atoms with van der Waals surface area (Å²) < 4.78 is 25.4. The van der Waals surface area contributed by atoms with Crippen LogP contribution in [0.3, 0.4) is 0 Å². The molecule has 2 nitrogen and oxygen atoms in total. The molecule has 2 aliphatic rings. The van der Waals surface area contributed by atoms with Crippen LogP contribution in [0.5, 0.6) is 0 Å². The van der Waals surface area contributed by atoms with Gasteiger partial charge in [0, 0.05) is 24.4 Å². The fraction of sp³-hybridized carbons (Fsp3) is 0.812. The molecule has 0 unspecified atom stereocenters. The molecule has 0 spiro atoms. The number of hydrogen-bond donors (Lipinski definition) is 0. The first-order chi connectivity index (χ1) is 10.2. The van der Waals surface area contributed by atoms with Crippen LogP contribution in [-0.2, 0) is 12.8 Å². The van der Waals surface area contributed by atoms with E-state index in [0.29, 0.717) is 0 Å². The summed E-state index contributed by atoms with van der Waals surface area (Å²) in [6.45, 7) is 3.15. The maximum Gasteiger partial charge on any atom is 0.289 e. The van der Waals surface area contributed by atoms with Gasteiger partial charge in [-0.3, -0.25) is 0 Å². The first-order valence-corrected chi connectivity index (χ1v) is 9.03. The van der Waals surface area contributed by atoms with Gasteiger partial charge in [0.1, 0.15) is 0 Å². The summed E-state index contributed by atoms with van der Waals surface area (Å²) in [5, 5.41) is 0.00987. The summed E-state index contributed by atoms with van der Waals surface area (Å²) >= 11 is 1.22. The molecule has 0 atom stereocenters. The molecule has 1 aliphatic carbocycles. The van der Waals surface area contributed by atoms with Crippen LogP contribution in [0.4, 0.5) is 8.78 Å². The molecule has 0 aromatic carbocycles. The van der Waals surface area contributed by atoms with Gasteiger partial charge in [0.15, 0.2) is 5.01 Å². The maximum atomic E-state index is 12.7. The molecule has 0 N–H and O–H groups in total. The van der Waals surface area contributed by atoms with Gasteiger partial charge in [-0.05, 0) is 25.3 Å². The molecular formula is C16H24F2N2S. The van der Waals surface area contributed by atoms with Crippen LogP contribution < -0.4 is 0 Å². The van der Waals surface area contributed by atoms with Gasteiger partial charge >= 0.3 is 0 Å². The zero-order valence-corrected chi connectivity index (χ0v) is 13.3. The molecule has 0 saturated heterocycles. The van der Waals surface area contributed by atoms with Crippen molar-refractivity contribution in [3.8, 4) is 0 Å². The third kappa shape index (κ3) is 4.01. The highest BCUT2D eigenvalue weighted by Crippen LogP contribution is 2.30. The van der Waals surface area contributed by atoms with E-state index < -0.39 is 6.43 Å². The zero-order valence-electron chi connectivity index (χ0n) is 12.5. The minimum Gasteiger partial charge on any atom is -0.303 e. The van der Waals surface area contributed by atoms with Crippen LogP contribution in [0.15, 0.2) is 0 Å². The second-order valence-corrected chi connectivity index (χ2v) is 7.47. The molecule has 21 heavy (non-hydrogen) atoms. The highest BCUT2D eigenvalue weighted by molar-refractivity contribution is 7.11. The normalized spacial score (nSPS) is 21.5. The largest absolute Gasteiger partial charge is 0.303 e. The van der Waals surface area contributed by atoms with Gasteiger partial charge in [-0.2, -0.15) is 0 Å². The van der Waals surface area contributed by atoms with Crippen molar-refractivity contribution in [3.63, 3.8) is 0 Å². The number of rotatable bonds is 4. The van der Waals surface area contributed by atoms with Crippen molar-refractivity contribution in [2.45, 2.75) is 57.8 Å². The summed E-state index contributed by atoms with van der Waals surface area (Å²) in [6.07, 6.45) is 7.66. The summed E-state index contributed by atoms with van der Waals surface area (Å²) in [4.78, 5) is 7.73. The Labute approximate surface area is 129 Å². The van der Waals surface area contributed by atoms with Gasteiger partial charge < -0.3 is 4.90 Å². The van der Waals surface area contributed by atoms with Gasteiger partial charge in [0.05, 0.1) is 5.69 Å². The highest BCUT2D eigenvalue weighted by Gasteiger charge is 2.22. The lowest BCUT2D eigenvalue weighted by Crippen LogP contribution is -2.29. The van der Waals surface area contributed by atoms with Gasteiger partial charge in [-0.25, -0.2) is 13.8 Å². The van der Waals surface area contributed by atoms with Crippen molar-refractivity contribution < 1.29 is 8.78 Å². The molecule has 1 saturated carbocycles. The molecule has 1 fully saturated rings. The van der Waals surface area contributed by atoms with E-state index in [1.54, 1.807) is 0 Å². The van der Waals surface area contributed by atoms with Gasteiger partial charge in [0.25, 0.3) is 6.43 Å². The van der Waals surface area contributed by atoms with Crippen molar-refractivity contribution in [1.29, 1.82) is 0 Å². The Kier molecular flexibility index (Phi) is 5.22. The van der Waals surface area contributed by atoms with E-state index in [2.05, 4.69) is 9.88 Å². The van der Waals surface area contributed by atoms with Crippen LogP contribution in [0.1, 0.15) is 60.5 Å². The molecule has 1 aromatic rings. The first kappa shape index (κ1) is 15.3. The predicted octanol–water partition coefficient (Wildman–Crippen LogP) is 4.45. The number of hydrogen-bond acceptors (Lipinski definition) is 3. The van der Waals surface area contributed by atoms with E-state index in [0.717, 1.165) is 42.4 Å². The average molecular weight is 314 g/mol. The number of aromatic nitrogens is 1. The molecule has 0 radical (unpaired) electrons. The Morgan fingerprint density at radius 2 is 1.90 bits per heavy atom. The number of alkyl halides is 2. The smallest absolute Gasteiger partial charge is 0.289 e. The molecule has 1 aromatic heterocycles. The first-order valence-electron chi connectivity index (χ1n) is 8.21. The van der Waals surface area contributed by atoms with Gasteiger partial charge in [-0.15, -0.1) is 11.3 Å². The Hall–Kier alpha value is -0.550. The topological polar surface area (TPSA) is 16.1 Å². The minimum atomic E-state index is -2.41. The Morgan fingerprint density at radius 3 is 2.67 bits per heavy atom. The van der Waals surface area contributed by atoms with E-state index >= 15 is 0 Å². The number of halogens is 2. The zero-order chi connectivity index (χ0) is 14.7. The Balaban J connectivity index is 1.49. The van der Waals surface area contributed by atoms with Crippen LogP contribution in [-0.4, -0.2) is 29.5 Å². The molecule has 3 rings (SSSR count). The molecule has 1 aliphatic heterocycles. The van der Waals surface area contributed by atoms with Crippen LogP contribution >= 0.6 is 11.3 Å². The molecule has 0 bridgehead atoms. The minimum absolute atomic E-state index is 0.00987. The van der Waals surface area contributed by atoms with Crippen molar-refractivity contribution in [2.75, 3.05) is 19.6 Å². The fourth-order valence-electron chi connectivity index (χ4n) is 3.59. The van der Waals surface area contributed by atoms with Gasteiger partial charge in [-0.1, -0.05) is 32.1 Å². The summed E-state index contributed by atoms with van der Waals surface area (Å²) in [5.74, 6) is 0.916. The fourth-order valence-corrected chi connectivity index (χ4v) is 4.54. The Morgan fingerprint density at radius 1 is 1.14 bits per heavy atom.